The van der Waals surface area contributed by atoms with Crippen molar-refractivity contribution < 1.29 is 42.8 Å². The fraction of sp³-hybridized carbons (Fsp3) is 0. The molecule has 0 unspecified atom stereocenters. The van der Waals surface area contributed by atoms with Crippen molar-refractivity contribution in [3.63, 3.8) is 0 Å². The molecular formula is C2H2NNaO3S. The van der Waals surface area contributed by atoms with Gasteiger partial charge in [-0.05, 0) is 0 Å². The minimum Gasteiger partial charge on any atom is -0.663 e. The molecule has 6 heteroatoms. The summed E-state index contributed by atoms with van der Waals surface area (Å²) in [5, 5.41) is 0.278. The molecule has 0 saturated heterocycles. The number of carbonyl (C=O) groups is 1. The zero-order valence-electron chi connectivity index (χ0n) is 4.21. The van der Waals surface area contributed by atoms with Crippen LogP contribution in [0.15, 0.2) is 0 Å². The van der Waals surface area contributed by atoms with E-state index in [1.54, 1.807) is 0 Å². The van der Waals surface area contributed by atoms with Crippen molar-refractivity contribution in [3.8, 4) is 0 Å². The predicted octanol–water partition coefficient (Wildman–Crippen LogP) is -3.75. The summed E-state index contributed by atoms with van der Waals surface area (Å²) in [6.07, 6.45) is 0. The summed E-state index contributed by atoms with van der Waals surface area (Å²) >= 11 is 0. The fourth-order valence-corrected chi connectivity index (χ4v) is 0.262. The third-order valence-electron chi connectivity index (χ3n) is 0.203. The Kier molecular flexibility index (Phi) is 7.30. The van der Waals surface area contributed by atoms with Crippen molar-refractivity contribution in [2.45, 2.75) is 0 Å². The normalized spacial score (nSPS) is 6.50. The minimum atomic E-state index is -2.51. The van der Waals surface area contributed by atoms with Crippen LogP contribution in [0.1, 0.15) is 0 Å². The molecule has 0 saturated carbocycles. The van der Waals surface area contributed by atoms with Gasteiger partial charge in [-0.2, -0.15) is 8.42 Å². The first kappa shape index (κ1) is 11.0. The second-order valence-electron chi connectivity index (χ2n) is 0.743. The summed E-state index contributed by atoms with van der Waals surface area (Å²) < 4.78 is 18.8. The molecule has 0 atom stereocenters. The Labute approximate surface area is 69.9 Å². The molecule has 40 valence electrons. The summed E-state index contributed by atoms with van der Waals surface area (Å²) in [6, 6.07) is 0. The number of amides is 1. The predicted molar refractivity (Wildman–Crippen MR) is 24.3 cm³/mol. The van der Waals surface area contributed by atoms with Crippen molar-refractivity contribution in [2.24, 2.45) is 0 Å². The molecule has 0 rings (SSSR count). The van der Waals surface area contributed by atoms with Crippen molar-refractivity contribution in [1.29, 1.82) is 0 Å². The molecule has 0 radical (unpaired) electrons. The molecule has 0 aromatic carbocycles. The summed E-state index contributed by atoms with van der Waals surface area (Å²) in [5.74, 6) is -1.20. The van der Waals surface area contributed by atoms with Crippen LogP contribution in [0.4, 0.5) is 0 Å². The minimum absolute atomic E-state index is 0. The Morgan fingerprint density at radius 3 is 1.88 bits per heavy atom. The summed E-state index contributed by atoms with van der Waals surface area (Å²) in [4.78, 5) is 9.47. The molecule has 0 aromatic heterocycles. The molecule has 8 heavy (non-hydrogen) atoms. The van der Waals surface area contributed by atoms with E-state index in [1.807, 2.05) is 0 Å². The average molecular weight is 143 g/mol. The van der Waals surface area contributed by atoms with E-state index in [9.17, 15) is 13.2 Å². The van der Waals surface area contributed by atoms with E-state index in [4.69, 9.17) is 5.73 Å². The maximum Gasteiger partial charge on any atom is 1.00 e. The van der Waals surface area contributed by atoms with Gasteiger partial charge in [0.2, 0.25) is 10.3 Å². The van der Waals surface area contributed by atoms with E-state index in [0.29, 0.717) is 0 Å². The van der Waals surface area contributed by atoms with Gasteiger partial charge >= 0.3 is 29.6 Å². The van der Waals surface area contributed by atoms with E-state index in [0.717, 1.165) is 0 Å². The van der Waals surface area contributed by atoms with Crippen LogP contribution >= 0.6 is 0 Å². The SMILES string of the molecule is [NH-]C(=O)C=S(=O)=O.[Na+]. The van der Waals surface area contributed by atoms with E-state index >= 15 is 0 Å². The van der Waals surface area contributed by atoms with E-state index in [2.05, 4.69) is 0 Å². The van der Waals surface area contributed by atoms with Crippen LogP contribution < -0.4 is 29.6 Å². The Hall–Kier alpha value is 0.160. The van der Waals surface area contributed by atoms with Gasteiger partial charge in [0, 0.05) is 0 Å². The summed E-state index contributed by atoms with van der Waals surface area (Å²) in [6.45, 7) is 0. The Morgan fingerprint density at radius 1 is 1.50 bits per heavy atom. The zero-order chi connectivity index (χ0) is 5.86. The second-order valence-corrected chi connectivity index (χ2v) is 1.50. The van der Waals surface area contributed by atoms with E-state index < -0.39 is 16.2 Å². The van der Waals surface area contributed by atoms with E-state index in [-0.39, 0.29) is 34.9 Å². The van der Waals surface area contributed by atoms with Crippen LogP contribution in [0.25, 0.3) is 5.73 Å². The molecule has 0 aliphatic rings. The van der Waals surface area contributed by atoms with Gasteiger partial charge in [0.1, 0.15) is 0 Å². The van der Waals surface area contributed by atoms with Gasteiger partial charge in [-0.3, -0.25) is 0 Å². The number of hydrogen-bond donors (Lipinski definition) is 0. The largest absolute Gasteiger partial charge is 1.00 e. The smallest absolute Gasteiger partial charge is 0.663 e. The molecule has 0 aliphatic carbocycles. The van der Waals surface area contributed by atoms with Gasteiger partial charge in [0.25, 0.3) is 0 Å². The Morgan fingerprint density at radius 2 is 1.88 bits per heavy atom. The molecule has 0 aliphatic heterocycles. The maximum atomic E-state index is 9.47. The quantitative estimate of drug-likeness (QED) is 0.279. The monoisotopic (exact) mass is 143 g/mol. The standard InChI is InChI=1S/C2H3NO3S.Na/c3-2(4)1-7(5)6;/h1H,(H2,3,4);/q;+1/p-1. The number of hydrogen-bond acceptors (Lipinski definition) is 3. The third-order valence-corrected chi connectivity index (χ3v) is 0.610. The van der Waals surface area contributed by atoms with Gasteiger partial charge in [0.05, 0.1) is 11.3 Å². The van der Waals surface area contributed by atoms with Gasteiger partial charge in [-0.1, -0.05) is 0 Å². The maximum absolute atomic E-state index is 9.47. The molecule has 0 fully saturated rings. The Balaban J connectivity index is 0. The van der Waals surface area contributed by atoms with Crippen molar-refractivity contribution in [1.82, 2.24) is 0 Å². The van der Waals surface area contributed by atoms with Crippen LogP contribution in [0.3, 0.4) is 0 Å². The Bertz CT molecular complexity index is 185. The average Bonchev–Trinajstić information content (AvgIpc) is 1.27. The zero-order valence-corrected chi connectivity index (χ0v) is 7.03. The number of rotatable bonds is 1. The van der Waals surface area contributed by atoms with Gasteiger partial charge in [-0.15, -0.1) is 0 Å². The molecule has 0 aromatic rings. The summed E-state index contributed by atoms with van der Waals surface area (Å²) in [7, 11) is -2.51. The van der Waals surface area contributed by atoms with Gasteiger partial charge in [-0.25, -0.2) is 0 Å². The van der Waals surface area contributed by atoms with Crippen LogP contribution in [0.2, 0.25) is 0 Å². The van der Waals surface area contributed by atoms with Gasteiger partial charge < -0.3 is 10.5 Å². The first-order chi connectivity index (χ1) is 3.13. The molecule has 0 bridgehead atoms. The van der Waals surface area contributed by atoms with Crippen molar-refractivity contribution >= 4 is 21.6 Å². The van der Waals surface area contributed by atoms with Crippen LogP contribution in [0, 0.1) is 0 Å². The van der Waals surface area contributed by atoms with E-state index in [1.165, 1.54) is 0 Å². The van der Waals surface area contributed by atoms with Crippen molar-refractivity contribution in [3.05, 3.63) is 5.73 Å². The fourth-order valence-electron chi connectivity index (χ4n) is 0.0874. The van der Waals surface area contributed by atoms with Crippen LogP contribution in [0.5, 0.6) is 0 Å². The van der Waals surface area contributed by atoms with Crippen LogP contribution in [-0.4, -0.2) is 19.7 Å². The molecule has 0 heterocycles. The molecular weight excluding hydrogens is 141 g/mol. The van der Waals surface area contributed by atoms with Crippen molar-refractivity contribution in [2.75, 3.05) is 0 Å². The third kappa shape index (κ3) is 9.48. The summed E-state index contributed by atoms with van der Waals surface area (Å²) in [5.41, 5.74) is 6.02. The first-order valence-corrected chi connectivity index (χ1v) is 2.45. The molecule has 4 nitrogen and oxygen atoms in total. The molecule has 1 N–H and O–H groups in total. The number of nitrogens with one attached hydrogen (secondary N) is 1. The molecule has 0 spiro atoms. The van der Waals surface area contributed by atoms with Crippen LogP contribution in [-0.2, 0) is 15.1 Å². The van der Waals surface area contributed by atoms with Gasteiger partial charge in [0.15, 0.2) is 0 Å². The topological polar surface area (TPSA) is 75.0 Å². The first-order valence-electron chi connectivity index (χ1n) is 1.31. The number of carbonyl (C=O) groups excluding carboxylic acids is 1. The molecule has 1 amide bonds. The second kappa shape index (κ2) is 5.30.